The van der Waals surface area contributed by atoms with Crippen LogP contribution in [0.5, 0.6) is 0 Å². The van der Waals surface area contributed by atoms with Gasteiger partial charge in [-0.05, 0) is 76.4 Å². The van der Waals surface area contributed by atoms with Gasteiger partial charge in [0.25, 0.3) is 0 Å². The number of ether oxygens (including phenoxy) is 1. The van der Waals surface area contributed by atoms with E-state index in [2.05, 4.69) is 9.88 Å². The van der Waals surface area contributed by atoms with Crippen molar-refractivity contribution in [3.63, 3.8) is 0 Å². The van der Waals surface area contributed by atoms with Gasteiger partial charge in [0.1, 0.15) is 11.4 Å². The Morgan fingerprint density at radius 2 is 1.85 bits per heavy atom. The lowest BCUT2D eigenvalue weighted by Gasteiger charge is -2.40. The van der Waals surface area contributed by atoms with Gasteiger partial charge in [-0.15, -0.1) is 0 Å². The third-order valence-electron chi connectivity index (χ3n) is 6.02. The molecule has 1 aliphatic heterocycles. The van der Waals surface area contributed by atoms with E-state index in [4.69, 9.17) is 16.3 Å². The highest BCUT2D eigenvalue weighted by Crippen LogP contribution is 2.25. The van der Waals surface area contributed by atoms with Gasteiger partial charge in [0.2, 0.25) is 0 Å². The fourth-order valence-electron chi connectivity index (χ4n) is 4.09. The largest absolute Gasteiger partial charge is 0.444 e. The van der Waals surface area contributed by atoms with Crippen LogP contribution in [0.15, 0.2) is 24.4 Å². The van der Waals surface area contributed by atoms with E-state index in [1.165, 1.54) is 12.3 Å². The van der Waals surface area contributed by atoms with E-state index < -0.39 is 11.4 Å². The van der Waals surface area contributed by atoms with Crippen LogP contribution in [0, 0.1) is 19.7 Å². The molecule has 1 aromatic carbocycles. The lowest BCUT2D eigenvalue weighted by molar-refractivity contribution is 0.000531. The summed E-state index contributed by atoms with van der Waals surface area (Å²) in [6.45, 7) is 13.8. The molecule has 184 valence electrons. The molecule has 1 aromatic heterocycles. The molecular weight excluding hydrogens is 457 g/mol. The van der Waals surface area contributed by atoms with Crippen LogP contribution < -0.4 is 0 Å². The lowest BCUT2D eigenvalue weighted by Crippen LogP contribution is -2.54. The van der Waals surface area contributed by atoms with Gasteiger partial charge in [-0.25, -0.2) is 9.18 Å². The maximum Gasteiger partial charge on any atom is 0.410 e. The average molecular weight is 490 g/mol. The monoisotopic (exact) mass is 489 g/mol. The molecule has 1 amide bonds. The van der Waals surface area contributed by atoms with E-state index >= 15 is 0 Å². The minimum Gasteiger partial charge on any atom is -0.444 e. The van der Waals surface area contributed by atoms with Crippen molar-refractivity contribution in [1.29, 1.82) is 0 Å². The van der Waals surface area contributed by atoms with E-state index in [1.54, 1.807) is 17.9 Å². The highest BCUT2D eigenvalue weighted by Gasteiger charge is 2.31. The number of nitrogens with zero attached hydrogens (tertiary/aromatic N) is 3. The van der Waals surface area contributed by atoms with Crippen molar-refractivity contribution in [2.45, 2.75) is 66.2 Å². The number of carbonyl (C=O) groups is 2. The highest BCUT2D eigenvalue weighted by molar-refractivity contribution is 6.30. The predicted molar refractivity (Wildman–Crippen MR) is 131 cm³/mol. The van der Waals surface area contributed by atoms with E-state index in [9.17, 15) is 14.0 Å². The van der Waals surface area contributed by atoms with Crippen LogP contribution >= 0.6 is 11.6 Å². The number of carbonyl (C=O) groups excluding carboxylic acids is 2. The standard InChI is InChI=1S/C26H33ClFN3O3/c1-16-14-30(7-8-31(16)25(33)34-26(4,5)6)15-21-10-22(27)9-19(17(21)2)12-24(32)20-11-23(28)18(3)29-13-20/h9-11,13,16H,7-8,12,14-15H2,1-6H3/t16-/m1/s1. The SMILES string of the molecule is Cc1ncc(C(=O)Cc2cc(Cl)cc(CN3CCN(C(=O)OC(C)(C)C)[C@H](C)C3)c2C)cc1F. The molecule has 0 saturated carbocycles. The van der Waals surface area contributed by atoms with Gasteiger partial charge in [0, 0.05) is 55.4 Å². The van der Waals surface area contributed by atoms with Gasteiger partial charge >= 0.3 is 6.09 Å². The van der Waals surface area contributed by atoms with Crippen molar-refractivity contribution in [2.24, 2.45) is 0 Å². The van der Waals surface area contributed by atoms with Gasteiger partial charge in [-0.2, -0.15) is 0 Å². The number of ketones is 1. The molecule has 0 spiro atoms. The average Bonchev–Trinajstić information content (AvgIpc) is 2.72. The summed E-state index contributed by atoms with van der Waals surface area (Å²) >= 11 is 6.40. The Morgan fingerprint density at radius 3 is 2.47 bits per heavy atom. The molecule has 2 aromatic rings. The molecule has 0 N–H and O–H groups in total. The zero-order valence-electron chi connectivity index (χ0n) is 20.7. The highest BCUT2D eigenvalue weighted by atomic mass is 35.5. The zero-order chi connectivity index (χ0) is 25.2. The second kappa shape index (κ2) is 10.4. The summed E-state index contributed by atoms with van der Waals surface area (Å²) in [5.74, 6) is -0.698. The lowest BCUT2D eigenvalue weighted by atomic mass is 9.96. The van der Waals surface area contributed by atoms with Crippen molar-refractivity contribution in [1.82, 2.24) is 14.8 Å². The van der Waals surface area contributed by atoms with E-state index in [-0.39, 0.29) is 35.6 Å². The minimum atomic E-state index is -0.528. The molecule has 0 bridgehead atoms. The molecule has 1 aliphatic rings. The summed E-state index contributed by atoms with van der Waals surface area (Å²) in [6.07, 6.45) is 1.24. The first-order valence-corrected chi connectivity index (χ1v) is 11.9. The van der Waals surface area contributed by atoms with Crippen LogP contribution in [0.2, 0.25) is 5.02 Å². The molecule has 34 heavy (non-hydrogen) atoms. The molecule has 1 atom stereocenters. The van der Waals surface area contributed by atoms with Crippen molar-refractivity contribution >= 4 is 23.5 Å². The number of hydrogen-bond donors (Lipinski definition) is 0. The third kappa shape index (κ3) is 6.54. The van der Waals surface area contributed by atoms with E-state index in [0.29, 0.717) is 31.2 Å². The number of aryl methyl sites for hydroxylation is 1. The van der Waals surface area contributed by atoms with Crippen LogP contribution in [0.3, 0.4) is 0 Å². The minimum absolute atomic E-state index is 0.00747. The molecule has 1 fully saturated rings. The van der Waals surface area contributed by atoms with Crippen LogP contribution in [-0.2, 0) is 17.7 Å². The van der Waals surface area contributed by atoms with Gasteiger partial charge in [-0.1, -0.05) is 11.6 Å². The summed E-state index contributed by atoms with van der Waals surface area (Å²) in [5, 5.41) is 0.553. The summed E-state index contributed by atoms with van der Waals surface area (Å²) in [7, 11) is 0. The number of pyridine rings is 1. The Bertz CT molecular complexity index is 1080. The molecule has 0 unspecified atom stereocenters. The van der Waals surface area contributed by atoms with Crippen molar-refractivity contribution in [2.75, 3.05) is 19.6 Å². The van der Waals surface area contributed by atoms with Crippen LogP contribution in [0.1, 0.15) is 60.4 Å². The molecular formula is C26H33ClFN3O3. The summed E-state index contributed by atoms with van der Waals surface area (Å²) < 4.78 is 19.4. The number of amides is 1. The Labute approximate surface area is 206 Å². The maximum absolute atomic E-state index is 13.9. The van der Waals surface area contributed by atoms with Gasteiger partial charge < -0.3 is 9.64 Å². The normalized spacial score (nSPS) is 17.1. The van der Waals surface area contributed by atoms with Crippen LogP contribution in [0.4, 0.5) is 9.18 Å². The second-order valence-electron chi connectivity index (χ2n) is 10.00. The Morgan fingerprint density at radius 1 is 1.18 bits per heavy atom. The molecule has 8 heteroatoms. The van der Waals surface area contributed by atoms with Gasteiger partial charge in [0.05, 0.1) is 5.69 Å². The Hall–Kier alpha value is -2.51. The number of hydrogen-bond acceptors (Lipinski definition) is 5. The van der Waals surface area contributed by atoms with E-state index in [0.717, 1.165) is 16.7 Å². The first kappa shape index (κ1) is 26.1. The molecule has 3 rings (SSSR count). The van der Waals surface area contributed by atoms with Crippen molar-refractivity contribution < 1.29 is 18.7 Å². The zero-order valence-corrected chi connectivity index (χ0v) is 21.5. The first-order valence-electron chi connectivity index (χ1n) is 11.5. The van der Waals surface area contributed by atoms with Crippen molar-refractivity contribution in [3.8, 4) is 0 Å². The molecule has 0 aliphatic carbocycles. The van der Waals surface area contributed by atoms with Crippen molar-refractivity contribution in [3.05, 3.63) is 63.2 Å². The molecule has 1 saturated heterocycles. The fourth-order valence-corrected chi connectivity index (χ4v) is 4.35. The third-order valence-corrected chi connectivity index (χ3v) is 6.24. The quantitative estimate of drug-likeness (QED) is 0.529. The first-order chi connectivity index (χ1) is 15.8. The number of aromatic nitrogens is 1. The Balaban J connectivity index is 1.70. The van der Waals surface area contributed by atoms with E-state index in [1.807, 2.05) is 40.7 Å². The number of piperazine rings is 1. The smallest absolute Gasteiger partial charge is 0.410 e. The summed E-state index contributed by atoms with van der Waals surface area (Å²) in [6, 6.07) is 4.95. The number of halogens is 2. The van der Waals surface area contributed by atoms with Gasteiger partial charge in [-0.3, -0.25) is 14.7 Å². The predicted octanol–water partition coefficient (Wildman–Crippen LogP) is 5.36. The summed E-state index contributed by atoms with van der Waals surface area (Å²) in [4.78, 5) is 33.3. The topological polar surface area (TPSA) is 62.7 Å². The number of Topliss-reactive ketones (excluding diaryl/α,β-unsaturated/α-hetero) is 1. The molecule has 2 heterocycles. The second-order valence-corrected chi connectivity index (χ2v) is 10.4. The fraction of sp³-hybridized carbons (Fsp3) is 0.500. The van der Waals surface area contributed by atoms with Crippen LogP contribution in [0.25, 0.3) is 0 Å². The molecule has 0 radical (unpaired) electrons. The van der Waals surface area contributed by atoms with Crippen LogP contribution in [-0.4, -0.2) is 57.9 Å². The van der Waals surface area contributed by atoms with Gasteiger partial charge in [0.15, 0.2) is 5.78 Å². The molecule has 6 nitrogen and oxygen atoms in total. The number of rotatable bonds is 5. The summed E-state index contributed by atoms with van der Waals surface area (Å²) in [5.41, 5.74) is 2.81. The Kier molecular flexibility index (Phi) is 7.98. The maximum atomic E-state index is 13.9. The number of benzene rings is 1.